The Labute approximate surface area is 303 Å². The van der Waals surface area contributed by atoms with Crippen molar-refractivity contribution in [1.82, 2.24) is 0 Å². The van der Waals surface area contributed by atoms with Gasteiger partial charge in [-0.15, -0.1) is 0 Å². The van der Waals surface area contributed by atoms with E-state index in [4.69, 9.17) is 9.47 Å². The molecule has 1 atom stereocenters. The number of hydrogen-bond acceptors (Lipinski definition) is 4. The highest BCUT2D eigenvalue weighted by molar-refractivity contribution is 5.69. The van der Waals surface area contributed by atoms with Crippen LogP contribution >= 0.6 is 0 Å². The Morgan fingerprint density at radius 1 is 0.510 bits per heavy atom. The van der Waals surface area contributed by atoms with Crippen molar-refractivity contribution in [2.24, 2.45) is 0 Å². The van der Waals surface area contributed by atoms with Crippen LogP contribution < -0.4 is 0 Å². The van der Waals surface area contributed by atoms with E-state index in [2.05, 4.69) is 98.9 Å². The summed E-state index contributed by atoms with van der Waals surface area (Å²) in [5.41, 5.74) is 0. The number of ether oxygens (including phenoxy) is 2. The van der Waals surface area contributed by atoms with Crippen molar-refractivity contribution >= 4 is 5.97 Å². The summed E-state index contributed by atoms with van der Waals surface area (Å²) < 4.78 is 11.1. The molecule has 0 aromatic carbocycles. The van der Waals surface area contributed by atoms with Crippen LogP contribution in [0.2, 0.25) is 0 Å². The fourth-order valence-corrected chi connectivity index (χ4v) is 5.21. The van der Waals surface area contributed by atoms with E-state index in [1.807, 2.05) is 0 Å². The number of aliphatic hydroxyl groups excluding tert-OH is 1. The van der Waals surface area contributed by atoms with E-state index in [1.54, 1.807) is 0 Å². The second kappa shape index (κ2) is 41.7. The summed E-state index contributed by atoms with van der Waals surface area (Å²) in [5, 5.41) is 9.58. The summed E-state index contributed by atoms with van der Waals surface area (Å²) in [5.74, 6) is -0.237. The van der Waals surface area contributed by atoms with Gasteiger partial charge in [-0.25, -0.2) is 0 Å². The van der Waals surface area contributed by atoms with Crippen molar-refractivity contribution in [3.8, 4) is 0 Å². The number of hydrogen-bond donors (Lipinski definition) is 1. The van der Waals surface area contributed by atoms with E-state index >= 15 is 0 Å². The molecule has 0 aromatic rings. The molecule has 49 heavy (non-hydrogen) atoms. The van der Waals surface area contributed by atoms with Gasteiger partial charge in [-0.3, -0.25) is 4.79 Å². The molecule has 0 aliphatic carbocycles. The van der Waals surface area contributed by atoms with Crippen molar-refractivity contribution in [2.45, 2.75) is 174 Å². The molecule has 4 heteroatoms. The van der Waals surface area contributed by atoms with Gasteiger partial charge in [-0.1, -0.05) is 157 Å². The smallest absolute Gasteiger partial charge is 0.306 e. The van der Waals surface area contributed by atoms with Crippen molar-refractivity contribution in [3.63, 3.8) is 0 Å². The zero-order valence-electron chi connectivity index (χ0n) is 31.9. The molecule has 0 rings (SSSR count). The van der Waals surface area contributed by atoms with Crippen LogP contribution in [0, 0.1) is 0 Å². The fraction of sp³-hybridized carbons (Fsp3) is 0.667. The second-order valence-electron chi connectivity index (χ2n) is 13.0. The molecular weight excluding hydrogens is 604 g/mol. The molecule has 0 aromatic heterocycles. The molecule has 4 nitrogen and oxygen atoms in total. The number of carbonyl (C=O) groups excluding carboxylic acids is 1. The van der Waals surface area contributed by atoms with Crippen LogP contribution in [0.15, 0.2) is 85.1 Å². The van der Waals surface area contributed by atoms with Crippen LogP contribution in [0.4, 0.5) is 0 Å². The highest BCUT2D eigenvalue weighted by atomic mass is 16.6. The van der Waals surface area contributed by atoms with Crippen LogP contribution in [0.3, 0.4) is 0 Å². The van der Waals surface area contributed by atoms with E-state index in [9.17, 15) is 9.90 Å². The van der Waals surface area contributed by atoms with Crippen LogP contribution in [0.5, 0.6) is 0 Å². The van der Waals surface area contributed by atoms with Gasteiger partial charge in [0, 0.05) is 13.0 Å². The molecule has 0 heterocycles. The third-order valence-corrected chi connectivity index (χ3v) is 8.20. The van der Waals surface area contributed by atoms with Crippen LogP contribution in [0.25, 0.3) is 0 Å². The second-order valence-corrected chi connectivity index (χ2v) is 13.0. The molecule has 0 spiro atoms. The van der Waals surface area contributed by atoms with Crippen LogP contribution in [-0.4, -0.2) is 37.0 Å². The molecule has 0 fully saturated rings. The zero-order chi connectivity index (χ0) is 35.6. The Morgan fingerprint density at radius 2 is 0.918 bits per heavy atom. The Morgan fingerprint density at radius 3 is 1.39 bits per heavy atom. The van der Waals surface area contributed by atoms with E-state index in [0.717, 1.165) is 77.0 Å². The number of allylic oxidation sites excluding steroid dienone is 14. The number of carbonyl (C=O) groups is 1. The van der Waals surface area contributed by atoms with Crippen LogP contribution in [-0.2, 0) is 14.3 Å². The Kier molecular flexibility index (Phi) is 39.7. The number of unbranched alkanes of at least 4 members (excludes halogenated alkanes) is 14. The minimum absolute atomic E-state index is 0.193. The van der Waals surface area contributed by atoms with Gasteiger partial charge in [0.25, 0.3) is 0 Å². The van der Waals surface area contributed by atoms with E-state index in [-0.39, 0.29) is 19.2 Å². The predicted molar refractivity (Wildman–Crippen MR) is 214 cm³/mol. The highest BCUT2D eigenvalue weighted by Gasteiger charge is 2.13. The molecular formula is C45H76O4. The molecule has 0 saturated carbocycles. The molecule has 0 amide bonds. The van der Waals surface area contributed by atoms with Gasteiger partial charge < -0.3 is 14.6 Å². The summed E-state index contributed by atoms with van der Waals surface area (Å²) in [6, 6.07) is 0. The minimum atomic E-state index is -0.560. The van der Waals surface area contributed by atoms with Gasteiger partial charge >= 0.3 is 5.97 Å². The molecule has 1 N–H and O–H groups in total. The maximum atomic E-state index is 12.2. The SMILES string of the molecule is CC/C=C\C/C=C\C/C=C\C/C=C\C/C=C\CCCCCC(=O)OC(CO)COCCCCCCCCCC/C=C\C/C=C\CCCCC. The molecule has 280 valence electrons. The summed E-state index contributed by atoms with van der Waals surface area (Å²) in [7, 11) is 0. The lowest BCUT2D eigenvalue weighted by atomic mass is 10.1. The number of aliphatic hydroxyl groups is 1. The Hall–Kier alpha value is -2.43. The van der Waals surface area contributed by atoms with E-state index in [1.165, 1.54) is 70.6 Å². The zero-order valence-corrected chi connectivity index (χ0v) is 31.9. The average molecular weight is 681 g/mol. The number of rotatable bonds is 36. The molecule has 0 radical (unpaired) electrons. The summed E-state index contributed by atoms with van der Waals surface area (Å²) in [6.07, 6.45) is 57.7. The molecule has 0 aliphatic rings. The first-order valence-electron chi connectivity index (χ1n) is 20.2. The first-order valence-corrected chi connectivity index (χ1v) is 20.2. The van der Waals surface area contributed by atoms with E-state index in [0.29, 0.717) is 13.0 Å². The lowest BCUT2D eigenvalue weighted by Gasteiger charge is -2.15. The number of esters is 1. The third kappa shape index (κ3) is 39.9. The standard InChI is InChI=1S/C45H76O4/c1-3-5-7-9-11-13-15-17-19-21-23-24-26-28-30-32-34-36-38-40-45(47)49-44(42-46)43-48-41-39-37-35-33-31-29-27-25-22-20-18-16-14-12-10-8-6-4-2/h5,7,11-14,17-20,23-24,28,30,44,46H,3-4,6,8-10,15-16,21-22,25-27,29,31-43H2,1-2H3/b7-5-,13-11-,14-12-,19-17-,20-18-,24-23-,30-28-. The monoisotopic (exact) mass is 681 g/mol. The minimum Gasteiger partial charge on any atom is -0.457 e. The van der Waals surface area contributed by atoms with Gasteiger partial charge in [0.15, 0.2) is 0 Å². The fourth-order valence-electron chi connectivity index (χ4n) is 5.21. The average Bonchev–Trinajstić information content (AvgIpc) is 3.11. The molecule has 0 bridgehead atoms. The van der Waals surface area contributed by atoms with Crippen molar-refractivity contribution in [3.05, 3.63) is 85.1 Å². The van der Waals surface area contributed by atoms with Gasteiger partial charge in [-0.2, -0.15) is 0 Å². The quantitative estimate of drug-likeness (QED) is 0.0406. The maximum Gasteiger partial charge on any atom is 0.306 e. The maximum absolute atomic E-state index is 12.2. The normalized spacial score (nSPS) is 13.3. The van der Waals surface area contributed by atoms with Crippen molar-refractivity contribution < 1.29 is 19.4 Å². The Balaban J connectivity index is 3.56. The van der Waals surface area contributed by atoms with E-state index < -0.39 is 6.10 Å². The molecule has 0 aliphatic heterocycles. The topological polar surface area (TPSA) is 55.8 Å². The highest BCUT2D eigenvalue weighted by Crippen LogP contribution is 2.11. The first-order chi connectivity index (χ1) is 24.2. The molecule has 1 unspecified atom stereocenters. The molecule has 0 saturated heterocycles. The van der Waals surface area contributed by atoms with Crippen molar-refractivity contribution in [1.29, 1.82) is 0 Å². The van der Waals surface area contributed by atoms with Gasteiger partial charge in [-0.05, 0) is 89.9 Å². The predicted octanol–water partition coefficient (Wildman–Crippen LogP) is 13.2. The van der Waals surface area contributed by atoms with Gasteiger partial charge in [0.05, 0.1) is 13.2 Å². The third-order valence-electron chi connectivity index (χ3n) is 8.20. The van der Waals surface area contributed by atoms with Crippen molar-refractivity contribution in [2.75, 3.05) is 19.8 Å². The summed E-state index contributed by atoms with van der Waals surface area (Å²) in [6.45, 7) is 5.15. The first kappa shape index (κ1) is 46.6. The summed E-state index contributed by atoms with van der Waals surface area (Å²) in [4.78, 5) is 12.2. The lowest BCUT2D eigenvalue weighted by molar-refractivity contribution is -0.154. The Bertz CT molecular complexity index is 892. The largest absolute Gasteiger partial charge is 0.457 e. The summed E-state index contributed by atoms with van der Waals surface area (Å²) >= 11 is 0. The lowest BCUT2D eigenvalue weighted by Crippen LogP contribution is -2.27. The van der Waals surface area contributed by atoms with Gasteiger partial charge in [0.2, 0.25) is 0 Å². The van der Waals surface area contributed by atoms with Gasteiger partial charge in [0.1, 0.15) is 6.10 Å². The van der Waals surface area contributed by atoms with Crippen LogP contribution in [0.1, 0.15) is 168 Å².